The van der Waals surface area contributed by atoms with Crippen LogP contribution in [-0.2, 0) is 10.0 Å². The van der Waals surface area contributed by atoms with E-state index in [1.54, 1.807) is 0 Å². The average Bonchev–Trinajstić information content (AvgIpc) is 2.64. The molecule has 138 valence electrons. The zero-order valence-electron chi connectivity index (χ0n) is 14.5. The highest BCUT2D eigenvalue weighted by Crippen LogP contribution is 2.28. The Labute approximate surface area is 152 Å². The Hall–Kier alpha value is -2.61. The Bertz CT molecular complexity index is 922. The number of nitrogens with zero attached hydrogens (tertiary/aromatic N) is 2. The predicted molar refractivity (Wildman–Crippen MR) is 101 cm³/mol. The predicted octanol–water partition coefficient (Wildman–Crippen LogP) is 3.69. The van der Waals surface area contributed by atoms with Crippen LogP contribution in [0.2, 0.25) is 0 Å². The van der Waals surface area contributed by atoms with E-state index < -0.39 is 14.9 Å². The van der Waals surface area contributed by atoms with Crippen molar-refractivity contribution in [2.45, 2.75) is 31.1 Å². The molecule has 0 aliphatic carbocycles. The largest absolute Gasteiger partial charge is 0.371 e. The molecule has 1 N–H and O–H groups in total. The van der Waals surface area contributed by atoms with Crippen molar-refractivity contribution in [3.05, 3.63) is 58.1 Å². The lowest BCUT2D eigenvalue weighted by Gasteiger charge is -2.29. The third kappa shape index (κ3) is 3.96. The number of aryl methyl sites for hydroxylation is 1. The molecule has 0 atom stereocenters. The van der Waals surface area contributed by atoms with E-state index in [1.807, 2.05) is 25.1 Å². The van der Waals surface area contributed by atoms with Crippen LogP contribution in [0.15, 0.2) is 47.4 Å². The average molecular weight is 375 g/mol. The zero-order chi connectivity index (χ0) is 18.7. The topological polar surface area (TPSA) is 92.6 Å². The standard InChI is InChI=1S/C18H21N3O4S/c1-14-8-9-15(20-10-3-2-4-11-20)13-18(14)19-26(24,25)17-7-5-6-16(12-17)21(22)23/h5-9,12-13,19H,2-4,10-11H2,1H3. The van der Waals surface area contributed by atoms with Crippen molar-refractivity contribution in [1.82, 2.24) is 0 Å². The summed E-state index contributed by atoms with van der Waals surface area (Å²) in [6, 6.07) is 10.7. The lowest BCUT2D eigenvalue weighted by atomic mass is 10.1. The summed E-state index contributed by atoms with van der Waals surface area (Å²) < 4.78 is 27.9. The van der Waals surface area contributed by atoms with E-state index in [-0.39, 0.29) is 10.6 Å². The molecule has 8 heteroatoms. The Morgan fingerprint density at radius 3 is 2.50 bits per heavy atom. The fourth-order valence-electron chi connectivity index (χ4n) is 3.04. The molecule has 0 radical (unpaired) electrons. The van der Waals surface area contributed by atoms with Crippen LogP contribution >= 0.6 is 0 Å². The molecule has 26 heavy (non-hydrogen) atoms. The van der Waals surface area contributed by atoms with E-state index in [1.165, 1.54) is 24.6 Å². The maximum absolute atomic E-state index is 12.7. The molecule has 1 aliphatic rings. The van der Waals surface area contributed by atoms with Gasteiger partial charge in [-0.2, -0.15) is 0 Å². The number of benzene rings is 2. The maximum Gasteiger partial charge on any atom is 0.270 e. The normalized spacial score (nSPS) is 14.9. The van der Waals surface area contributed by atoms with Gasteiger partial charge in [0.05, 0.1) is 15.5 Å². The van der Waals surface area contributed by atoms with Gasteiger partial charge in [0.2, 0.25) is 0 Å². The van der Waals surface area contributed by atoms with Gasteiger partial charge in [-0.25, -0.2) is 8.42 Å². The molecule has 0 amide bonds. The van der Waals surface area contributed by atoms with Crippen molar-refractivity contribution < 1.29 is 13.3 Å². The molecule has 0 unspecified atom stereocenters. The molecule has 3 rings (SSSR count). The second kappa shape index (κ2) is 7.33. The molecular weight excluding hydrogens is 354 g/mol. The van der Waals surface area contributed by atoms with Crippen molar-refractivity contribution in [2.24, 2.45) is 0 Å². The number of anilines is 2. The van der Waals surface area contributed by atoms with Gasteiger partial charge in [-0.15, -0.1) is 0 Å². The lowest BCUT2D eigenvalue weighted by molar-refractivity contribution is -0.385. The van der Waals surface area contributed by atoms with Crippen LogP contribution in [0.1, 0.15) is 24.8 Å². The fraction of sp³-hybridized carbons (Fsp3) is 0.333. The summed E-state index contributed by atoms with van der Waals surface area (Å²) in [6.45, 7) is 3.74. The van der Waals surface area contributed by atoms with Crippen molar-refractivity contribution in [1.29, 1.82) is 0 Å². The quantitative estimate of drug-likeness (QED) is 0.635. The summed E-state index contributed by atoms with van der Waals surface area (Å²) in [7, 11) is -3.91. The highest BCUT2D eigenvalue weighted by Gasteiger charge is 2.19. The monoisotopic (exact) mass is 375 g/mol. The van der Waals surface area contributed by atoms with E-state index in [4.69, 9.17) is 0 Å². The highest BCUT2D eigenvalue weighted by atomic mass is 32.2. The van der Waals surface area contributed by atoms with Crippen LogP contribution in [0.3, 0.4) is 0 Å². The third-order valence-electron chi connectivity index (χ3n) is 4.53. The molecule has 0 spiro atoms. The van der Waals surface area contributed by atoms with Crippen LogP contribution in [0.25, 0.3) is 0 Å². The van der Waals surface area contributed by atoms with Crippen molar-refractivity contribution in [3.8, 4) is 0 Å². The summed E-state index contributed by atoms with van der Waals surface area (Å²) in [4.78, 5) is 12.4. The minimum atomic E-state index is -3.91. The number of hydrogen-bond acceptors (Lipinski definition) is 5. The summed E-state index contributed by atoms with van der Waals surface area (Å²) in [5, 5.41) is 10.9. The van der Waals surface area contributed by atoms with Crippen LogP contribution in [0, 0.1) is 17.0 Å². The van der Waals surface area contributed by atoms with E-state index in [0.717, 1.165) is 43.2 Å². The molecular formula is C18H21N3O4S. The molecule has 1 fully saturated rings. The summed E-state index contributed by atoms with van der Waals surface area (Å²) in [5.74, 6) is 0. The first-order valence-corrected chi connectivity index (χ1v) is 9.98. The van der Waals surface area contributed by atoms with Gasteiger partial charge >= 0.3 is 0 Å². The minimum absolute atomic E-state index is 0.130. The minimum Gasteiger partial charge on any atom is -0.371 e. The summed E-state index contributed by atoms with van der Waals surface area (Å²) in [6.07, 6.45) is 3.47. The van der Waals surface area contributed by atoms with E-state index >= 15 is 0 Å². The van der Waals surface area contributed by atoms with Gasteiger partial charge in [0.25, 0.3) is 15.7 Å². The van der Waals surface area contributed by atoms with Crippen LogP contribution < -0.4 is 9.62 Å². The number of rotatable bonds is 5. The second-order valence-electron chi connectivity index (χ2n) is 6.41. The molecule has 2 aromatic carbocycles. The SMILES string of the molecule is Cc1ccc(N2CCCCC2)cc1NS(=O)(=O)c1cccc([N+](=O)[O-])c1. The molecule has 1 aliphatic heterocycles. The van der Waals surface area contributed by atoms with E-state index in [2.05, 4.69) is 9.62 Å². The Morgan fingerprint density at radius 1 is 1.08 bits per heavy atom. The first-order valence-electron chi connectivity index (χ1n) is 8.50. The van der Waals surface area contributed by atoms with E-state index in [9.17, 15) is 18.5 Å². The van der Waals surface area contributed by atoms with Crippen LogP contribution in [0.5, 0.6) is 0 Å². The molecule has 1 heterocycles. The van der Waals surface area contributed by atoms with Crippen LogP contribution in [0.4, 0.5) is 17.1 Å². The molecule has 7 nitrogen and oxygen atoms in total. The molecule has 2 aromatic rings. The van der Waals surface area contributed by atoms with Gasteiger partial charge in [0.1, 0.15) is 0 Å². The Morgan fingerprint density at radius 2 is 1.81 bits per heavy atom. The number of hydrogen-bond donors (Lipinski definition) is 1. The first-order chi connectivity index (χ1) is 12.4. The fourth-order valence-corrected chi connectivity index (χ4v) is 4.20. The molecule has 0 aromatic heterocycles. The van der Waals surface area contributed by atoms with Gasteiger partial charge in [-0.05, 0) is 49.9 Å². The van der Waals surface area contributed by atoms with E-state index in [0.29, 0.717) is 5.69 Å². The lowest BCUT2D eigenvalue weighted by Crippen LogP contribution is -2.29. The second-order valence-corrected chi connectivity index (χ2v) is 8.09. The summed E-state index contributed by atoms with van der Waals surface area (Å²) >= 11 is 0. The number of nitrogens with one attached hydrogen (secondary N) is 1. The number of non-ortho nitro benzene ring substituents is 1. The maximum atomic E-state index is 12.7. The number of piperidine rings is 1. The van der Waals surface area contributed by atoms with Crippen molar-refractivity contribution >= 4 is 27.1 Å². The molecule has 1 saturated heterocycles. The number of nitro groups is 1. The number of nitro benzene ring substituents is 1. The zero-order valence-corrected chi connectivity index (χ0v) is 15.3. The van der Waals surface area contributed by atoms with Gasteiger partial charge < -0.3 is 4.90 Å². The third-order valence-corrected chi connectivity index (χ3v) is 5.89. The molecule has 0 bridgehead atoms. The smallest absolute Gasteiger partial charge is 0.270 e. The van der Waals surface area contributed by atoms with Gasteiger partial charge in [-0.3, -0.25) is 14.8 Å². The van der Waals surface area contributed by atoms with Gasteiger partial charge in [-0.1, -0.05) is 12.1 Å². The van der Waals surface area contributed by atoms with Crippen molar-refractivity contribution in [3.63, 3.8) is 0 Å². The van der Waals surface area contributed by atoms with Gasteiger partial charge in [0.15, 0.2) is 0 Å². The Balaban J connectivity index is 1.89. The highest BCUT2D eigenvalue weighted by molar-refractivity contribution is 7.92. The number of sulfonamides is 1. The van der Waals surface area contributed by atoms with Crippen LogP contribution in [-0.4, -0.2) is 26.4 Å². The summed E-state index contributed by atoms with van der Waals surface area (Å²) in [5.41, 5.74) is 2.00. The van der Waals surface area contributed by atoms with Crippen molar-refractivity contribution in [2.75, 3.05) is 22.7 Å². The molecule has 0 saturated carbocycles. The van der Waals surface area contributed by atoms with Gasteiger partial charge in [0, 0.05) is 30.9 Å². The first kappa shape index (κ1) is 18.2. The Kier molecular flexibility index (Phi) is 5.13.